The number of hydrogen-bond donors (Lipinski definition) is 0. The van der Waals surface area contributed by atoms with Crippen molar-refractivity contribution >= 4 is 47.8 Å². The molecule has 0 aliphatic heterocycles. The van der Waals surface area contributed by atoms with E-state index >= 15 is 0 Å². The molecule has 20 heavy (non-hydrogen) atoms. The highest BCUT2D eigenvalue weighted by molar-refractivity contribution is 9.24. The Balaban J connectivity index is 3.57. The Morgan fingerprint density at radius 1 is 1.05 bits per heavy atom. The largest absolute Gasteiger partial charge is 0.197 e. The van der Waals surface area contributed by atoms with Gasteiger partial charge in [0, 0.05) is 5.33 Å². The number of nitrogens with zero attached hydrogens (tertiary/aromatic N) is 2. The summed E-state index contributed by atoms with van der Waals surface area (Å²) < 4.78 is -0.0125. The zero-order valence-corrected chi connectivity index (χ0v) is 16.3. The summed E-state index contributed by atoms with van der Waals surface area (Å²) in [5.41, 5.74) is 1.62. The summed E-state index contributed by atoms with van der Waals surface area (Å²) in [6.07, 6.45) is 0. The Hall–Kier alpha value is -0.360. The molecule has 0 aliphatic carbocycles. The van der Waals surface area contributed by atoms with Crippen LogP contribution in [0.25, 0.3) is 0 Å². The summed E-state index contributed by atoms with van der Waals surface area (Å²) >= 11 is 10.4. The maximum Gasteiger partial charge on any atom is 0.0946 e. The molecule has 1 atom stereocenters. The Kier molecular flexibility index (Phi) is 5.84. The molecule has 5 heteroatoms. The smallest absolute Gasteiger partial charge is 0.0946 e. The minimum absolute atomic E-state index is 0.0125. The van der Waals surface area contributed by atoms with Crippen LogP contribution >= 0.6 is 47.8 Å². The number of nitriles is 2. The quantitative estimate of drug-likeness (QED) is 0.558. The molecule has 0 N–H and O–H groups in total. The van der Waals surface area contributed by atoms with Crippen molar-refractivity contribution in [2.75, 3.05) is 5.33 Å². The van der Waals surface area contributed by atoms with Crippen molar-refractivity contribution in [3.05, 3.63) is 34.9 Å². The molecule has 0 saturated heterocycles. The summed E-state index contributed by atoms with van der Waals surface area (Å²) in [5.74, 6) is 0. The van der Waals surface area contributed by atoms with Crippen molar-refractivity contribution in [2.24, 2.45) is 0 Å². The van der Waals surface area contributed by atoms with Crippen LogP contribution < -0.4 is 0 Å². The molecule has 0 bridgehead atoms. The van der Waals surface area contributed by atoms with Crippen molar-refractivity contribution in [1.82, 2.24) is 0 Å². The van der Waals surface area contributed by atoms with Gasteiger partial charge in [-0.25, -0.2) is 0 Å². The lowest BCUT2D eigenvalue weighted by molar-refractivity contribution is 0.667. The monoisotopic (exact) mass is 460 g/mol. The Morgan fingerprint density at radius 2 is 1.60 bits per heavy atom. The molecule has 0 amide bonds. The SMILES string of the molecule is CC(C)(C#N)c1cc(C(Br)Br)cc(C(C)(C#N)CBr)c1. The molecule has 2 nitrogen and oxygen atoms in total. The molecule has 1 aromatic rings. The van der Waals surface area contributed by atoms with Gasteiger partial charge in [-0.3, -0.25) is 0 Å². The molecule has 0 aliphatic rings. The molecule has 0 saturated carbocycles. The fraction of sp³-hybridized carbons (Fsp3) is 0.467. The maximum absolute atomic E-state index is 9.45. The van der Waals surface area contributed by atoms with E-state index in [1.807, 2.05) is 39.0 Å². The van der Waals surface area contributed by atoms with E-state index in [9.17, 15) is 10.5 Å². The third-order valence-electron chi connectivity index (χ3n) is 3.36. The van der Waals surface area contributed by atoms with Crippen LogP contribution in [0.3, 0.4) is 0 Å². The average molecular weight is 463 g/mol. The zero-order chi connectivity index (χ0) is 15.6. The lowest BCUT2D eigenvalue weighted by atomic mass is 9.79. The molecule has 0 fully saturated rings. The van der Waals surface area contributed by atoms with Crippen LogP contribution in [0, 0.1) is 22.7 Å². The first-order valence-corrected chi connectivity index (χ1v) is 8.98. The summed E-state index contributed by atoms with van der Waals surface area (Å²) in [7, 11) is 0. The number of hydrogen-bond acceptors (Lipinski definition) is 2. The third-order valence-corrected chi connectivity index (χ3v) is 5.54. The summed E-state index contributed by atoms with van der Waals surface area (Å²) in [5, 5.41) is 19.3. The highest BCUT2D eigenvalue weighted by Gasteiger charge is 2.29. The highest BCUT2D eigenvalue weighted by Crippen LogP contribution is 2.37. The van der Waals surface area contributed by atoms with Gasteiger partial charge < -0.3 is 0 Å². The number of benzene rings is 1. The van der Waals surface area contributed by atoms with Gasteiger partial charge in [-0.05, 0) is 37.5 Å². The van der Waals surface area contributed by atoms with Crippen LogP contribution in [-0.4, -0.2) is 5.33 Å². The van der Waals surface area contributed by atoms with Gasteiger partial charge >= 0.3 is 0 Å². The normalized spacial score (nSPS) is 14.4. The molecule has 106 valence electrons. The molecule has 0 aromatic heterocycles. The van der Waals surface area contributed by atoms with Gasteiger partial charge in [0.25, 0.3) is 0 Å². The molecular weight excluding hydrogens is 448 g/mol. The molecule has 0 radical (unpaired) electrons. The predicted molar refractivity (Wildman–Crippen MR) is 92.4 cm³/mol. The first kappa shape index (κ1) is 17.7. The molecule has 1 rings (SSSR count). The molecule has 1 aromatic carbocycles. The van der Waals surface area contributed by atoms with E-state index in [0.717, 1.165) is 16.7 Å². The van der Waals surface area contributed by atoms with Gasteiger partial charge in [-0.2, -0.15) is 10.5 Å². The second-order valence-electron chi connectivity index (χ2n) is 5.46. The molecule has 0 heterocycles. The maximum atomic E-state index is 9.45. The van der Waals surface area contributed by atoms with Crippen LogP contribution in [0.15, 0.2) is 18.2 Å². The van der Waals surface area contributed by atoms with Crippen LogP contribution in [0.2, 0.25) is 0 Å². The summed E-state index contributed by atoms with van der Waals surface area (Å²) in [4.78, 5) is 0. The van der Waals surface area contributed by atoms with Gasteiger partial charge in [0.05, 0.1) is 26.7 Å². The van der Waals surface area contributed by atoms with E-state index in [4.69, 9.17) is 0 Å². The van der Waals surface area contributed by atoms with E-state index in [0.29, 0.717) is 5.33 Å². The van der Waals surface area contributed by atoms with E-state index < -0.39 is 10.8 Å². The number of alkyl halides is 3. The molecule has 0 spiro atoms. The minimum atomic E-state index is -0.620. The van der Waals surface area contributed by atoms with Crippen molar-refractivity contribution in [3.63, 3.8) is 0 Å². The van der Waals surface area contributed by atoms with Crippen LogP contribution in [0.5, 0.6) is 0 Å². The lowest BCUT2D eigenvalue weighted by Crippen LogP contribution is -2.23. The van der Waals surface area contributed by atoms with Gasteiger partial charge in [0.15, 0.2) is 0 Å². The molecule has 1 unspecified atom stereocenters. The topological polar surface area (TPSA) is 47.6 Å². The van der Waals surface area contributed by atoms with E-state index in [1.54, 1.807) is 0 Å². The highest BCUT2D eigenvalue weighted by atomic mass is 79.9. The average Bonchev–Trinajstić information content (AvgIpc) is 2.45. The Bertz CT molecular complexity index is 582. The van der Waals surface area contributed by atoms with Crippen LogP contribution in [0.1, 0.15) is 41.2 Å². The standard InChI is InChI=1S/C15H15Br3N2/c1-14(2,8-19)11-4-10(13(17)18)5-12(6-11)15(3,7-16)9-20/h4-6,13H,7H2,1-3H3. The van der Waals surface area contributed by atoms with Gasteiger partial charge in [0.2, 0.25) is 0 Å². The summed E-state index contributed by atoms with van der Waals surface area (Å²) in [6, 6.07) is 10.6. The Labute approximate surface area is 145 Å². The lowest BCUT2D eigenvalue weighted by Gasteiger charge is -2.25. The number of halogens is 3. The van der Waals surface area contributed by atoms with Crippen LogP contribution in [0.4, 0.5) is 0 Å². The minimum Gasteiger partial charge on any atom is -0.197 e. The first-order chi connectivity index (χ1) is 9.20. The predicted octanol–water partition coefficient (Wildman–Crippen LogP) is 5.45. The third kappa shape index (κ3) is 3.64. The van der Waals surface area contributed by atoms with Crippen molar-refractivity contribution < 1.29 is 0 Å². The van der Waals surface area contributed by atoms with Gasteiger partial charge in [-0.15, -0.1) is 0 Å². The van der Waals surface area contributed by atoms with Gasteiger partial charge in [-0.1, -0.05) is 66.0 Å². The first-order valence-electron chi connectivity index (χ1n) is 6.03. The van der Waals surface area contributed by atoms with Crippen molar-refractivity contribution in [1.29, 1.82) is 10.5 Å². The fourth-order valence-electron chi connectivity index (χ4n) is 1.69. The number of rotatable bonds is 4. The van der Waals surface area contributed by atoms with Crippen molar-refractivity contribution in [2.45, 2.75) is 35.3 Å². The fourth-order valence-corrected chi connectivity index (χ4v) is 2.67. The van der Waals surface area contributed by atoms with Crippen LogP contribution in [-0.2, 0) is 10.8 Å². The molecular formula is C15H15Br3N2. The second-order valence-corrected chi connectivity index (χ2v) is 9.08. The Morgan fingerprint density at radius 3 is 2.00 bits per heavy atom. The van der Waals surface area contributed by atoms with E-state index in [2.05, 4.69) is 59.9 Å². The van der Waals surface area contributed by atoms with E-state index in [1.165, 1.54) is 0 Å². The summed E-state index contributed by atoms with van der Waals surface area (Å²) in [6.45, 7) is 5.65. The van der Waals surface area contributed by atoms with E-state index in [-0.39, 0.29) is 3.74 Å². The zero-order valence-electron chi connectivity index (χ0n) is 11.5. The van der Waals surface area contributed by atoms with Crippen molar-refractivity contribution in [3.8, 4) is 12.1 Å². The van der Waals surface area contributed by atoms with Gasteiger partial charge in [0.1, 0.15) is 0 Å². The second kappa shape index (κ2) is 6.60.